The summed E-state index contributed by atoms with van der Waals surface area (Å²) in [6.45, 7) is 0.906. The SMILES string of the molecule is O=C(CCCC(=O)N1CCCC2CCCCC21)Nc1cccc2c1Cc1ccccc1-2. The highest BCUT2D eigenvalue weighted by molar-refractivity contribution is 5.94. The third-order valence-corrected chi connectivity index (χ3v) is 7.48. The van der Waals surface area contributed by atoms with Gasteiger partial charge in [-0.25, -0.2) is 0 Å². The number of hydrogen-bond acceptors (Lipinski definition) is 2. The maximum atomic E-state index is 12.9. The van der Waals surface area contributed by atoms with Crippen molar-refractivity contribution >= 4 is 17.5 Å². The lowest BCUT2D eigenvalue weighted by Gasteiger charge is -2.44. The summed E-state index contributed by atoms with van der Waals surface area (Å²) >= 11 is 0. The molecule has 2 aromatic carbocycles. The van der Waals surface area contributed by atoms with Crippen LogP contribution in [0.3, 0.4) is 0 Å². The van der Waals surface area contributed by atoms with Crippen LogP contribution in [0, 0.1) is 5.92 Å². The molecular weight excluding hydrogens is 384 g/mol. The third kappa shape index (κ3) is 4.13. The van der Waals surface area contributed by atoms with Crippen molar-refractivity contribution in [1.29, 1.82) is 0 Å². The molecule has 31 heavy (non-hydrogen) atoms. The van der Waals surface area contributed by atoms with E-state index in [0.717, 1.165) is 25.1 Å². The molecular formula is C27H32N2O2. The highest BCUT2D eigenvalue weighted by Gasteiger charge is 2.35. The zero-order valence-corrected chi connectivity index (χ0v) is 18.2. The van der Waals surface area contributed by atoms with Crippen LogP contribution in [-0.2, 0) is 16.0 Å². The molecule has 0 radical (unpaired) electrons. The molecule has 3 aliphatic rings. The van der Waals surface area contributed by atoms with Crippen molar-refractivity contribution in [3.8, 4) is 11.1 Å². The molecule has 0 aromatic heterocycles. The molecule has 1 saturated carbocycles. The van der Waals surface area contributed by atoms with Gasteiger partial charge in [-0.1, -0.05) is 49.2 Å². The van der Waals surface area contributed by atoms with Gasteiger partial charge in [-0.15, -0.1) is 0 Å². The Balaban J connectivity index is 1.15. The predicted octanol–water partition coefficient (Wildman–Crippen LogP) is 5.55. The summed E-state index contributed by atoms with van der Waals surface area (Å²) in [5.41, 5.74) is 5.90. The standard InChI is InChI=1S/C27H32N2O2/c30-26(15-6-16-27(31)29-17-7-10-19-8-2-4-14-25(19)29)28-24-13-5-12-22-21-11-3-1-9-20(21)18-23(22)24/h1,3,5,9,11-13,19,25H,2,4,6-8,10,14-18H2,(H,28,30). The fourth-order valence-electron chi connectivity index (χ4n) is 5.97. The maximum absolute atomic E-state index is 12.9. The predicted molar refractivity (Wildman–Crippen MR) is 124 cm³/mol. The van der Waals surface area contributed by atoms with Crippen LogP contribution < -0.4 is 5.32 Å². The van der Waals surface area contributed by atoms with Gasteiger partial charge >= 0.3 is 0 Å². The molecule has 0 spiro atoms. The molecule has 1 aliphatic heterocycles. The van der Waals surface area contributed by atoms with Gasteiger partial charge in [-0.3, -0.25) is 9.59 Å². The van der Waals surface area contributed by atoms with Crippen molar-refractivity contribution in [2.45, 2.75) is 70.3 Å². The number of benzene rings is 2. The van der Waals surface area contributed by atoms with E-state index in [-0.39, 0.29) is 11.8 Å². The molecule has 2 aliphatic carbocycles. The van der Waals surface area contributed by atoms with Crippen LogP contribution in [0.2, 0.25) is 0 Å². The lowest BCUT2D eigenvalue weighted by atomic mass is 9.78. The Morgan fingerprint density at radius 1 is 0.903 bits per heavy atom. The Hall–Kier alpha value is -2.62. The van der Waals surface area contributed by atoms with Crippen molar-refractivity contribution < 1.29 is 9.59 Å². The maximum Gasteiger partial charge on any atom is 0.224 e. The normalized spacial score (nSPS) is 21.7. The second-order valence-corrected chi connectivity index (χ2v) is 9.41. The van der Waals surface area contributed by atoms with Crippen LogP contribution in [0.5, 0.6) is 0 Å². The largest absolute Gasteiger partial charge is 0.339 e. The Labute approximate surface area is 185 Å². The van der Waals surface area contributed by atoms with E-state index in [4.69, 9.17) is 0 Å². The first-order chi connectivity index (χ1) is 15.2. The average Bonchev–Trinajstić information content (AvgIpc) is 3.18. The van der Waals surface area contributed by atoms with E-state index >= 15 is 0 Å². The molecule has 0 bridgehead atoms. The van der Waals surface area contributed by atoms with Crippen LogP contribution >= 0.6 is 0 Å². The number of piperidine rings is 1. The first-order valence-corrected chi connectivity index (χ1v) is 12.0. The van der Waals surface area contributed by atoms with Crippen LogP contribution in [0.15, 0.2) is 42.5 Å². The summed E-state index contributed by atoms with van der Waals surface area (Å²) in [4.78, 5) is 27.6. The minimum atomic E-state index is 0.00587. The van der Waals surface area contributed by atoms with Crippen molar-refractivity contribution in [1.82, 2.24) is 4.90 Å². The minimum Gasteiger partial charge on any atom is -0.339 e. The molecule has 4 nitrogen and oxygen atoms in total. The minimum absolute atomic E-state index is 0.00587. The topological polar surface area (TPSA) is 49.4 Å². The van der Waals surface area contributed by atoms with Gasteiger partial charge in [-0.05, 0) is 66.3 Å². The summed E-state index contributed by atoms with van der Waals surface area (Å²) in [6.07, 6.45) is 9.78. The number of carbonyl (C=O) groups is 2. The van der Waals surface area contributed by atoms with E-state index in [1.54, 1.807) is 0 Å². The Morgan fingerprint density at radius 3 is 2.65 bits per heavy atom. The number of amides is 2. The Bertz CT molecular complexity index is 981. The number of rotatable bonds is 5. The molecule has 2 fully saturated rings. The lowest BCUT2D eigenvalue weighted by Crippen LogP contribution is -2.49. The summed E-state index contributed by atoms with van der Waals surface area (Å²) in [6, 6.07) is 15.0. The summed E-state index contributed by atoms with van der Waals surface area (Å²) in [5, 5.41) is 3.11. The van der Waals surface area contributed by atoms with Gasteiger partial charge in [-0.2, -0.15) is 0 Å². The first-order valence-electron chi connectivity index (χ1n) is 12.0. The second kappa shape index (κ2) is 8.86. The number of fused-ring (bicyclic) bond motifs is 4. The van der Waals surface area contributed by atoms with Crippen molar-refractivity contribution in [2.24, 2.45) is 5.92 Å². The first kappa shape index (κ1) is 20.3. The fourth-order valence-corrected chi connectivity index (χ4v) is 5.97. The summed E-state index contributed by atoms with van der Waals surface area (Å²) in [7, 11) is 0. The van der Waals surface area contributed by atoms with E-state index in [1.807, 2.05) is 12.1 Å². The third-order valence-electron chi connectivity index (χ3n) is 7.48. The van der Waals surface area contributed by atoms with Crippen LogP contribution in [0.1, 0.15) is 68.9 Å². The average molecular weight is 417 g/mol. The number of nitrogens with one attached hydrogen (secondary N) is 1. The number of hydrogen-bond donors (Lipinski definition) is 1. The molecule has 1 heterocycles. The Morgan fingerprint density at radius 2 is 1.71 bits per heavy atom. The smallest absolute Gasteiger partial charge is 0.224 e. The number of carbonyl (C=O) groups excluding carboxylic acids is 2. The zero-order valence-electron chi connectivity index (χ0n) is 18.2. The highest BCUT2D eigenvalue weighted by atomic mass is 16.2. The highest BCUT2D eigenvalue weighted by Crippen LogP contribution is 2.40. The van der Waals surface area contributed by atoms with Crippen molar-refractivity contribution in [3.63, 3.8) is 0 Å². The van der Waals surface area contributed by atoms with Gasteiger partial charge in [0.25, 0.3) is 0 Å². The summed E-state index contributed by atoms with van der Waals surface area (Å²) < 4.78 is 0. The van der Waals surface area contributed by atoms with Gasteiger partial charge in [0.15, 0.2) is 0 Å². The molecule has 1 N–H and O–H groups in total. The van der Waals surface area contributed by atoms with Crippen molar-refractivity contribution in [3.05, 3.63) is 53.6 Å². The molecule has 2 amide bonds. The fraction of sp³-hybridized carbons (Fsp3) is 0.481. The van der Waals surface area contributed by atoms with E-state index in [0.29, 0.717) is 31.2 Å². The van der Waals surface area contributed by atoms with Gasteiger partial charge in [0.05, 0.1) is 0 Å². The second-order valence-electron chi connectivity index (χ2n) is 9.41. The van der Waals surface area contributed by atoms with Crippen LogP contribution in [-0.4, -0.2) is 29.3 Å². The number of anilines is 1. The van der Waals surface area contributed by atoms with Gasteiger partial charge in [0.2, 0.25) is 11.8 Å². The van der Waals surface area contributed by atoms with E-state index in [1.165, 1.54) is 54.4 Å². The number of likely N-dealkylation sites (tertiary alicyclic amines) is 1. The monoisotopic (exact) mass is 416 g/mol. The molecule has 2 unspecified atom stereocenters. The molecule has 1 saturated heterocycles. The van der Waals surface area contributed by atoms with E-state index < -0.39 is 0 Å². The molecule has 2 atom stereocenters. The quantitative estimate of drug-likeness (QED) is 0.593. The van der Waals surface area contributed by atoms with Gasteiger partial charge < -0.3 is 10.2 Å². The van der Waals surface area contributed by atoms with Crippen molar-refractivity contribution in [2.75, 3.05) is 11.9 Å². The Kier molecular flexibility index (Phi) is 5.80. The van der Waals surface area contributed by atoms with Gasteiger partial charge in [0.1, 0.15) is 0 Å². The van der Waals surface area contributed by atoms with E-state index in [9.17, 15) is 9.59 Å². The molecule has 4 heteroatoms. The summed E-state index contributed by atoms with van der Waals surface area (Å²) in [5.74, 6) is 0.964. The molecule has 2 aromatic rings. The molecule has 5 rings (SSSR count). The van der Waals surface area contributed by atoms with Crippen LogP contribution in [0.25, 0.3) is 11.1 Å². The lowest BCUT2D eigenvalue weighted by molar-refractivity contribution is -0.137. The zero-order chi connectivity index (χ0) is 21.2. The van der Waals surface area contributed by atoms with E-state index in [2.05, 4.69) is 40.5 Å². The van der Waals surface area contributed by atoms with Crippen LogP contribution in [0.4, 0.5) is 5.69 Å². The molecule has 162 valence electrons. The number of nitrogens with zero attached hydrogens (tertiary/aromatic N) is 1. The van der Waals surface area contributed by atoms with Gasteiger partial charge in [0, 0.05) is 37.5 Å².